The number of aromatic nitrogens is 1. The van der Waals surface area contributed by atoms with E-state index in [0.29, 0.717) is 0 Å². The molecule has 0 aliphatic carbocycles. The van der Waals surface area contributed by atoms with Crippen molar-refractivity contribution in [1.29, 1.82) is 0 Å². The predicted octanol–water partition coefficient (Wildman–Crippen LogP) is 3.89. The van der Waals surface area contributed by atoms with E-state index >= 15 is 0 Å². The molecule has 1 fully saturated rings. The Morgan fingerprint density at radius 1 is 1.26 bits per heavy atom. The highest BCUT2D eigenvalue weighted by Gasteiger charge is 2.17. The van der Waals surface area contributed by atoms with Crippen LogP contribution in [0.25, 0.3) is 0 Å². The summed E-state index contributed by atoms with van der Waals surface area (Å²) in [7, 11) is 1.84. The normalized spacial score (nSPS) is 16.9. The number of rotatable bonds is 7. The number of halogens is 1. The molecule has 156 valence electrons. The Bertz CT molecular complexity index is 559. The lowest BCUT2D eigenvalue weighted by atomic mass is 9.93. The molecule has 1 saturated heterocycles. The van der Waals surface area contributed by atoms with Crippen LogP contribution >= 0.6 is 35.3 Å². The van der Waals surface area contributed by atoms with E-state index in [0.717, 1.165) is 37.8 Å². The van der Waals surface area contributed by atoms with Crippen LogP contribution in [0.1, 0.15) is 57.7 Å². The smallest absolute Gasteiger partial charge is 0.190 e. The zero-order chi connectivity index (χ0) is 19.0. The monoisotopic (exact) mass is 507 g/mol. The fourth-order valence-electron chi connectivity index (χ4n) is 3.07. The number of nitrogens with one attached hydrogen (secondary N) is 2. The van der Waals surface area contributed by atoms with Gasteiger partial charge in [-0.1, -0.05) is 27.7 Å². The first-order chi connectivity index (χ1) is 12.4. The molecule has 1 aromatic rings. The summed E-state index contributed by atoms with van der Waals surface area (Å²) in [4.78, 5) is 11.7. The van der Waals surface area contributed by atoms with E-state index in [1.807, 2.05) is 7.05 Å². The van der Waals surface area contributed by atoms with Gasteiger partial charge in [0.25, 0.3) is 0 Å². The first-order valence-electron chi connectivity index (χ1n) is 10.00. The Balaban J connectivity index is 0.00000364. The van der Waals surface area contributed by atoms with Crippen LogP contribution in [0.5, 0.6) is 0 Å². The fraction of sp³-hybridized carbons (Fsp3) is 0.800. The third kappa shape index (κ3) is 9.09. The Morgan fingerprint density at radius 3 is 2.52 bits per heavy atom. The minimum Gasteiger partial charge on any atom is -0.356 e. The molecule has 2 heterocycles. The molecule has 0 saturated carbocycles. The number of likely N-dealkylation sites (tertiary alicyclic amines) is 1. The summed E-state index contributed by atoms with van der Waals surface area (Å²) in [5.41, 5.74) is 1.32. The molecule has 2 N–H and O–H groups in total. The molecule has 1 aliphatic rings. The minimum atomic E-state index is 0. The van der Waals surface area contributed by atoms with Crippen molar-refractivity contribution in [3.8, 4) is 0 Å². The first kappa shape index (κ1) is 24.6. The van der Waals surface area contributed by atoms with Gasteiger partial charge in [-0.2, -0.15) is 0 Å². The molecule has 1 aromatic heterocycles. The van der Waals surface area contributed by atoms with Gasteiger partial charge in [-0.05, 0) is 44.8 Å². The lowest BCUT2D eigenvalue weighted by Gasteiger charge is -2.30. The molecular weight excluding hydrogens is 469 g/mol. The van der Waals surface area contributed by atoms with Gasteiger partial charge in [-0.3, -0.25) is 4.99 Å². The van der Waals surface area contributed by atoms with Crippen LogP contribution in [0.2, 0.25) is 0 Å². The van der Waals surface area contributed by atoms with Crippen LogP contribution in [-0.2, 0) is 11.8 Å². The number of nitrogens with zero attached hydrogens (tertiary/aromatic N) is 3. The van der Waals surface area contributed by atoms with Crippen molar-refractivity contribution < 1.29 is 0 Å². The standard InChI is InChI=1S/C20H37N5S.HI/c1-16-8-13-25(14-9-16)12-6-10-22-19(21-5)23-11-7-18-24-17(15-26-18)20(2,3)4;/h15-16H,6-14H2,1-5H3,(H2,21,22,23);1H. The number of thiazole rings is 1. The van der Waals surface area contributed by atoms with Crippen LogP contribution in [0.4, 0.5) is 0 Å². The highest BCUT2D eigenvalue weighted by Crippen LogP contribution is 2.23. The average Bonchev–Trinajstić information content (AvgIpc) is 3.08. The van der Waals surface area contributed by atoms with Gasteiger partial charge in [-0.15, -0.1) is 35.3 Å². The van der Waals surface area contributed by atoms with Crippen LogP contribution < -0.4 is 10.6 Å². The van der Waals surface area contributed by atoms with Gasteiger partial charge in [0.1, 0.15) is 0 Å². The van der Waals surface area contributed by atoms with E-state index < -0.39 is 0 Å². The lowest BCUT2D eigenvalue weighted by molar-refractivity contribution is 0.191. The van der Waals surface area contributed by atoms with E-state index in [4.69, 9.17) is 4.98 Å². The minimum absolute atomic E-state index is 0. The third-order valence-corrected chi connectivity index (χ3v) is 5.90. The molecular formula is C20H38IN5S. The van der Waals surface area contributed by atoms with Crippen molar-refractivity contribution in [2.75, 3.05) is 39.8 Å². The molecule has 27 heavy (non-hydrogen) atoms. The van der Waals surface area contributed by atoms with E-state index in [1.54, 1.807) is 11.3 Å². The van der Waals surface area contributed by atoms with Crippen molar-refractivity contribution >= 4 is 41.3 Å². The van der Waals surface area contributed by atoms with Gasteiger partial charge >= 0.3 is 0 Å². The van der Waals surface area contributed by atoms with Crippen LogP contribution in [0.3, 0.4) is 0 Å². The summed E-state index contributed by atoms with van der Waals surface area (Å²) < 4.78 is 0. The molecule has 0 aromatic carbocycles. The summed E-state index contributed by atoms with van der Waals surface area (Å²) in [5.74, 6) is 1.80. The Hall–Kier alpha value is -0.410. The number of guanidine groups is 1. The zero-order valence-corrected chi connectivity index (χ0v) is 20.8. The molecule has 0 unspecified atom stereocenters. The third-order valence-electron chi connectivity index (χ3n) is 4.99. The van der Waals surface area contributed by atoms with Crippen LogP contribution in [0.15, 0.2) is 10.4 Å². The largest absolute Gasteiger partial charge is 0.356 e. The van der Waals surface area contributed by atoms with Gasteiger partial charge in [0.05, 0.1) is 10.7 Å². The molecule has 0 bridgehead atoms. The van der Waals surface area contributed by atoms with Crippen LogP contribution in [-0.4, -0.2) is 55.6 Å². The van der Waals surface area contributed by atoms with Gasteiger partial charge < -0.3 is 15.5 Å². The number of hydrogen-bond acceptors (Lipinski definition) is 4. The molecule has 5 nitrogen and oxygen atoms in total. The predicted molar refractivity (Wildman–Crippen MR) is 129 cm³/mol. The van der Waals surface area contributed by atoms with Crippen molar-refractivity contribution in [1.82, 2.24) is 20.5 Å². The molecule has 0 radical (unpaired) electrons. The van der Waals surface area contributed by atoms with Crippen molar-refractivity contribution in [2.24, 2.45) is 10.9 Å². The van der Waals surface area contributed by atoms with Gasteiger partial charge in [0.2, 0.25) is 0 Å². The number of piperidine rings is 1. The van der Waals surface area contributed by atoms with Crippen LogP contribution in [0, 0.1) is 5.92 Å². The molecule has 0 amide bonds. The molecule has 0 spiro atoms. The summed E-state index contributed by atoms with van der Waals surface area (Å²) in [6.07, 6.45) is 4.80. The number of aliphatic imine (C=N–C) groups is 1. The zero-order valence-electron chi connectivity index (χ0n) is 17.7. The molecule has 2 rings (SSSR count). The maximum absolute atomic E-state index is 4.75. The second-order valence-corrected chi connectivity index (χ2v) is 9.37. The van der Waals surface area contributed by atoms with E-state index in [2.05, 4.69) is 53.6 Å². The maximum atomic E-state index is 4.75. The quantitative estimate of drug-likeness (QED) is 0.255. The summed E-state index contributed by atoms with van der Waals surface area (Å²) >= 11 is 1.76. The molecule has 7 heteroatoms. The maximum Gasteiger partial charge on any atom is 0.190 e. The topological polar surface area (TPSA) is 52.6 Å². The molecule has 0 atom stereocenters. The SMILES string of the molecule is CN=C(NCCCN1CCC(C)CC1)NCCc1nc(C(C)(C)C)cs1.I. The fourth-order valence-corrected chi connectivity index (χ4v) is 4.10. The van der Waals surface area contributed by atoms with Gasteiger partial charge in [0, 0.05) is 37.4 Å². The summed E-state index contributed by atoms with van der Waals surface area (Å²) in [6, 6.07) is 0. The van der Waals surface area contributed by atoms with E-state index in [9.17, 15) is 0 Å². The first-order valence-corrected chi connectivity index (χ1v) is 10.9. The van der Waals surface area contributed by atoms with E-state index in [-0.39, 0.29) is 29.4 Å². The van der Waals surface area contributed by atoms with E-state index in [1.165, 1.54) is 43.2 Å². The summed E-state index contributed by atoms with van der Waals surface area (Å²) in [5, 5.41) is 10.2. The van der Waals surface area contributed by atoms with Crippen molar-refractivity contribution in [3.63, 3.8) is 0 Å². The summed E-state index contributed by atoms with van der Waals surface area (Å²) in [6.45, 7) is 14.5. The van der Waals surface area contributed by atoms with Crippen molar-refractivity contribution in [3.05, 3.63) is 16.1 Å². The lowest BCUT2D eigenvalue weighted by Crippen LogP contribution is -2.40. The second-order valence-electron chi connectivity index (χ2n) is 8.43. The van der Waals surface area contributed by atoms with Crippen molar-refractivity contribution in [2.45, 2.75) is 58.8 Å². The highest BCUT2D eigenvalue weighted by molar-refractivity contribution is 14.0. The van der Waals surface area contributed by atoms with Gasteiger partial charge in [0.15, 0.2) is 5.96 Å². The molecule has 1 aliphatic heterocycles. The second kappa shape index (κ2) is 12.2. The van der Waals surface area contributed by atoms with Gasteiger partial charge in [-0.25, -0.2) is 4.98 Å². The number of hydrogen-bond donors (Lipinski definition) is 2. The Labute approximate surface area is 186 Å². The highest BCUT2D eigenvalue weighted by atomic mass is 127. The Morgan fingerprint density at radius 2 is 1.93 bits per heavy atom. The average molecular weight is 508 g/mol. The Kier molecular flexibility index (Phi) is 11.1.